The minimum atomic E-state index is -0.801. The maximum atomic E-state index is 13.3. The molecule has 0 fully saturated rings. The second-order valence-corrected chi connectivity index (χ2v) is 5.93. The van der Waals surface area contributed by atoms with E-state index in [2.05, 4.69) is 35.1 Å². The zero-order chi connectivity index (χ0) is 16.0. The number of nitro benzene ring substituents is 1. The summed E-state index contributed by atoms with van der Waals surface area (Å²) in [6.07, 6.45) is 1.96. The highest BCUT2D eigenvalue weighted by atomic mass is 79.9. The zero-order valence-electron chi connectivity index (χ0n) is 11.9. The summed E-state index contributed by atoms with van der Waals surface area (Å²) in [4.78, 5) is 22.0. The molecule has 0 aromatic heterocycles. The van der Waals surface area contributed by atoms with Gasteiger partial charge in [0.2, 0.25) is 0 Å². The topological polar surface area (TPSA) is 72.2 Å². The van der Waals surface area contributed by atoms with Gasteiger partial charge in [0.1, 0.15) is 5.82 Å². The van der Waals surface area contributed by atoms with Crippen molar-refractivity contribution in [2.75, 3.05) is 6.54 Å². The molecule has 1 unspecified atom stereocenters. The Labute approximate surface area is 131 Å². The summed E-state index contributed by atoms with van der Waals surface area (Å²) in [5.74, 6) is -0.898. The van der Waals surface area contributed by atoms with Crippen LogP contribution in [0.3, 0.4) is 0 Å². The fraction of sp³-hybridized carbons (Fsp3) is 0.500. The molecule has 21 heavy (non-hydrogen) atoms. The van der Waals surface area contributed by atoms with Crippen LogP contribution in [0.5, 0.6) is 0 Å². The Morgan fingerprint density at radius 3 is 2.52 bits per heavy atom. The predicted octanol–water partition coefficient (Wildman–Crippen LogP) is 3.66. The quantitative estimate of drug-likeness (QED) is 0.458. The van der Waals surface area contributed by atoms with Crippen molar-refractivity contribution < 1.29 is 14.1 Å². The van der Waals surface area contributed by atoms with Crippen LogP contribution in [0.2, 0.25) is 0 Å². The van der Waals surface area contributed by atoms with Crippen LogP contribution >= 0.6 is 15.9 Å². The number of amides is 1. The van der Waals surface area contributed by atoms with Gasteiger partial charge in [-0.3, -0.25) is 14.9 Å². The Bertz CT molecular complexity index is 521. The number of nitrogens with one attached hydrogen (secondary N) is 1. The van der Waals surface area contributed by atoms with Gasteiger partial charge in [0.15, 0.2) is 0 Å². The molecule has 0 bridgehead atoms. The van der Waals surface area contributed by atoms with Crippen molar-refractivity contribution in [2.24, 2.45) is 5.92 Å². The molecular weight excluding hydrogens is 343 g/mol. The first-order valence-electron chi connectivity index (χ1n) is 6.76. The van der Waals surface area contributed by atoms with E-state index >= 15 is 0 Å². The fourth-order valence-electron chi connectivity index (χ4n) is 2.07. The standard InChI is InChI=1S/C14H18BrFN2O3/c1-3-9(4-2)13(15)8-17-14(19)10-5-11(16)7-12(6-10)18(20)21/h5-7,9,13H,3-4,8H2,1-2H3,(H,17,19). The predicted molar refractivity (Wildman–Crippen MR) is 82.2 cm³/mol. The van der Waals surface area contributed by atoms with Crippen molar-refractivity contribution in [2.45, 2.75) is 31.5 Å². The van der Waals surface area contributed by atoms with Gasteiger partial charge in [-0.2, -0.15) is 0 Å². The molecule has 1 aromatic rings. The molecule has 1 aromatic carbocycles. The largest absolute Gasteiger partial charge is 0.351 e. The summed E-state index contributed by atoms with van der Waals surface area (Å²) in [5.41, 5.74) is -0.485. The lowest BCUT2D eigenvalue weighted by Gasteiger charge is -2.19. The number of rotatable bonds is 7. The second-order valence-electron chi connectivity index (χ2n) is 4.76. The number of halogens is 2. The van der Waals surface area contributed by atoms with Crippen LogP contribution in [0, 0.1) is 21.8 Å². The zero-order valence-corrected chi connectivity index (χ0v) is 13.5. The maximum absolute atomic E-state index is 13.3. The molecule has 116 valence electrons. The smallest absolute Gasteiger partial charge is 0.273 e. The molecule has 1 amide bonds. The van der Waals surface area contributed by atoms with Gasteiger partial charge in [-0.05, 0) is 12.0 Å². The lowest BCUT2D eigenvalue weighted by Crippen LogP contribution is -2.33. The molecule has 7 heteroatoms. The molecule has 5 nitrogen and oxygen atoms in total. The van der Waals surface area contributed by atoms with Gasteiger partial charge in [0.25, 0.3) is 11.6 Å². The highest BCUT2D eigenvalue weighted by molar-refractivity contribution is 9.09. The Morgan fingerprint density at radius 1 is 1.38 bits per heavy atom. The van der Waals surface area contributed by atoms with E-state index in [4.69, 9.17) is 0 Å². The van der Waals surface area contributed by atoms with E-state index in [-0.39, 0.29) is 10.4 Å². The lowest BCUT2D eigenvalue weighted by molar-refractivity contribution is -0.385. The third-order valence-electron chi connectivity index (χ3n) is 3.37. The number of nitro groups is 1. The van der Waals surface area contributed by atoms with Crippen molar-refractivity contribution in [1.82, 2.24) is 5.32 Å². The first-order valence-corrected chi connectivity index (χ1v) is 7.67. The minimum Gasteiger partial charge on any atom is -0.351 e. The minimum absolute atomic E-state index is 0.0500. The summed E-state index contributed by atoms with van der Waals surface area (Å²) in [6.45, 7) is 4.52. The number of carbonyl (C=O) groups is 1. The summed E-state index contributed by atoms with van der Waals surface area (Å²) < 4.78 is 13.3. The number of alkyl halides is 1. The van der Waals surface area contributed by atoms with Crippen LogP contribution in [-0.2, 0) is 0 Å². The van der Waals surface area contributed by atoms with Crippen LogP contribution in [0.1, 0.15) is 37.0 Å². The number of hydrogen-bond acceptors (Lipinski definition) is 3. The number of carbonyl (C=O) groups excluding carboxylic acids is 1. The number of nitrogens with zero attached hydrogens (tertiary/aromatic N) is 1. The molecule has 0 saturated heterocycles. The molecule has 0 spiro atoms. The average molecular weight is 361 g/mol. The Morgan fingerprint density at radius 2 is 2.00 bits per heavy atom. The Kier molecular flexibility index (Phi) is 6.74. The summed E-state index contributed by atoms with van der Waals surface area (Å²) in [6, 6.07) is 2.84. The van der Waals surface area contributed by atoms with Gasteiger partial charge in [0, 0.05) is 23.0 Å². The van der Waals surface area contributed by atoms with E-state index in [1.54, 1.807) is 0 Å². The van der Waals surface area contributed by atoms with Gasteiger partial charge >= 0.3 is 0 Å². The van der Waals surface area contributed by atoms with Gasteiger partial charge in [-0.25, -0.2) is 4.39 Å². The van der Waals surface area contributed by atoms with Gasteiger partial charge < -0.3 is 5.32 Å². The normalized spacial score (nSPS) is 12.2. The average Bonchev–Trinajstić information content (AvgIpc) is 2.45. The van der Waals surface area contributed by atoms with Crippen LogP contribution in [0.4, 0.5) is 10.1 Å². The SMILES string of the molecule is CCC(CC)C(Br)CNC(=O)c1cc(F)cc([N+](=O)[O-])c1. The number of benzene rings is 1. The van der Waals surface area contributed by atoms with Crippen molar-refractivity contribution in [3.8, 4) is 0 Å². The number of non-ortho nitro benzene ring substituents is 1. The molecule has 1 rings (SSSR count). The molecule has 0 radical (unpaired) electrons. The van der Waals surface area contributed by atoms with Gasteiger partial charge in [-0.15, -0.1) is 0 Å². The van der Waals surface area contributed by atoms with Crippen LogP contribution in [0.25, 0.3) is 0 Å². The van der Waals surface area contributed by atoms with E-state index < -0.39 is 22.3 Å². The van der Waals surface area contributed by atoms with Crippen molar-refractivity contribution >= 4 is 27.5 Å². The van der Waals surface area contributed by atoms with Crippen molar-refractivity contribution in [1.29, 1.82) is 0 Å². The van der Waals surface area contributed by atoms with E-state index in [1.807, 2.05) is 0 Å². The molecule has 0 saturated carbocycles. The molecule has 0 aliphatic rings. The van der Waals surface area contributed by atoms with E-state index in [0.29, 0.717) is 12.5 Å². The highest BCUT2D eigenvalue weighted by Gasteiger charge is 2.18. The van der Waals surface area contributed by atoms with E-state index in [1.165, 1.54) is 0 Å². The lowest BCUT2D eigenvalue weighted by atomic mass is 9.99. The van der Waals surface area contributed by atoms with Crippen LogP contribution in [-0.4, -0.2) is 22.2 Å². The first kappa shape index (κ1) is 17.6. The highest BCUT2D eigenvalue weighted by Crippen LogP contribution is 2.20. The molecule has 0 heterocycles. The molecule has 1 atom stereocenters. The Balaban J connectivity index is 2.74. The second kappa shape index (κ2) is 8.07. The summed E-state index contributed by atoms with van der Waals surface area (Å²) >= 11 is 3.52. The molecule has 0 aliphatic carbocycles. The van der Waals surface area contributed by atoms with E-state index in [9.17, 15) is 19.3 Å². The van der Waals surface area contributed by atoms with E-state index in [0.717, 1.165) is 31.0 Å². The molecular formula is C14H18BrFN2O3. The van der Waals surface area contributed by atoms with Crippen molar-refractivity contribution in [3.05, 3.63) is 39.7 Å². The Hall–Kier alpha value is -1.50. The van der Waals surface area contributed by atoms with Crippen molar-refractivity contribution in [3.63, 3.8) is 0 Å². The number of hydrogen-bond donors (Lipinski definition) is 1. The third-order valence-corrected chi connectivity index (χ3v) is 4.44. The first-order chi connectivity index (χ1) is 9.88. The third kappa shape index (κ3) is 5.08. The summed E-state index contributed by atoms with van der Waals surface area (Å²) in [7, 11) is 0. The van der Waals surface area contributed by atoms with Gasteiger partial charge in [-0.1, -0.05) is 42.6 Å². The molecule has 0 aliphatic heterocycles. The fourth-order valence-corrected chi connectivity index (χ4v) is 2.98. The van der Waals surface area contributed by atoms with Crippen LogP contribution in [0.15, 0.2) is 18.2 Å². The van der Waals surface area contributed by atoms with Gasteiger partial charge in [0.05, 0.1) is 11.0 Å². The van der Waals surface area contributed by atoms with Crippen LogP contribution < -0.4 is 5.32 Å². The monoisotopic (exact) mass is 360 g/mol. The summed E-state index contributed by atoms with van der Waals surface area (Å²) in [5, 5.41) is 13.3. The molecule has 1 N–H and O–H groups in total. The maximum Gasteiger partial charge on any atom is 0.273 e.